The standard InChI is InChI=1S/C18H33NOSi/c1-9-15(3)19-13-14(2)17-12-16(17)10-11-20-21(7,8)18(4,5)6/h9,13,16-17H,2,10-12H2,1,3-8H3/b15-9-,19-13-/t16-,17+/m0/s1. The van der Waals surface area contributed by atoms with Crippen LogP contribution in [0.5, 0.6) is 0 Å². The molecule has 2 nitrogen and oxygen atoms in total. The third-order valence-electron chi connectivity index (χ3n) is 5.01. The summed E-state index contributed by atoms with van der Waals surface area (Å²) in [5, 5.41) is 0.302. The van der Waals surface area contributed by atoms with E-state index in [2.05, 4.69) is 45.4 Å². The van der Waals surface area contributed by atoms with Crippen LogP contribution in [-0.4, -0.2) is 21.1 Å². The molecule has 1 saturated carbocycles. The predicted molar refractivity (Wildman–Crippen MR) is 96.4 cm³/mol. The molecule has 0 radical (unpaired) electrons. The van der Waals surface area contributed by atoms with Crippen molar-refractivity contribution in [3.05, 3.63) is 23.9 Å². The summed E-state index contributed by atoms with van der Waals surface area (Å²) in [5.41, 5.74) is 2.23. The van der Waals surface area contributed by atoms with E-state index >= 15 is 0 Å². The molecule has 0 spiro atoms. The van der Waals surface area contributed by atoms with Crippen LogP contribution in [0, 0.1) is 11.8 Å². The summed E-state index contributed by atoms with van der Waals surface area (Å²) in [6, 6.07) is 0. The van der Waals surface area contributed by atoms with Crippen LogP contribution in [0.4, 0.5) is 0 Å². The van der Waals surface area contributed by atoms with Gasteiger partial charge in [0.25, 0.3) is 0 Å². The Hall–Kier alpha value is -0.673. The van der Waals surface area contributed by atoms with E-state index in [1.165, 1.54) is 12.0 Å². The molecule has 0 amide bonds. The molecule has 0 aliphatic heterocycles. The molecular formula is C18H33NOSi. The van der Waals surface area contributed by atoms with E-state index < -0.39 is 8.32 Å². The maximum Gasteiger partial charge on any atom is 0.191 e. The second-order valence-electron chi connectivity index (χ2n) is 7.76. The van der Waals surface area contributed by atoms with Gasteiger partial charge in [-0.2, -0.15) is 0 Å². The van der Waals surface area contributed by atoms with Crippen molar-refractivity contribution in [1.82, 2.24) is 0 Å². The van der Waals surface area contributed by atoms with E-state index in [0.717, 1.165) is 24.6 Å². The molecule has 0 aromatic carbocycles. The lowest BCUT2D eigenvalue weighted by Gasteiger charge is -2.36. The van der Waals surface area contributed by atoms with Gasteiger partial charge in [-0.1, -0.05) is 33.4 Å². The van der Waals surface area contributed by atoms with Crippen molar-refractivity contribution < 1.29 is 4.43 Å². The monoisotopic (exact) mass is 307 g/mol. The number of nitrogens with zero attached hydrogens (tertiary/aromatic N) is 1. The van der Waals surface area contributed by atoms with Crippen LogP contribution in [-0.2, 0) is 4.43 Å². The zero-order valence-electron chi connectivity index (χ0n) is 15.0. The van der Waals surface area contributed by atoms with Gasteiger partial charge in [0.15, 0.2) is 8.32 Å². The summed E-state index contributed by atoms with van der Waals surface area (Å²) in [6.45, 7) is 20.6. The first-order valence-electron chi connectivity index (χ1n) is 8.08. The second-order valence-corrected chi connectivity index (χ2v) is 12.6. The first-order valence-corrected chi connectivity index (χ1v) is 11.0. The van der Waals surface area contributed by atoms with E-state index in [-0.39, 0.29) is 0 Å². The van der Waals surface area contributed by atoms with Gasteiger partial charge in [0, 0.05) is 18.5 Å². The third kappa shape index (κ3) is 5.55. The van der Waals surface area contributed by atoms with Crippen molar-refractivity contribution in [1.29, 1.82) is 0 Å². The van der Waals surface area contributed by atoms with Crippen LogP contribution in [0.1, 0.15) is 47.5 Å². The fraction of sp³-hybridized carbons (Fsp3) is 0.722. The quantitative estimate of drug-likeness (QED) is 0.444. The lowest BCUT2D eigenvalue weighted by Crippen LogP contribution is -2.41. The highest BCUT2D eigenvalue weighted by atomic mass is 28.4. The third-order valence-corrected chi connectivity index (χ3v) is 9.55. The summed E-state index contributed by atoms with van der Waals surface area (Å²) in [7, 11) is -1.58. The summed E-state index contributed by atoms with van der Waals surface area (Å²) in [5.74, 6) is 1.38. The predicted octanol–water partition coefficient (Wildman–Crippen LogP) is 5.59. The van der Waals surface area contributed by atoms with Gasteiger partial charge in [-0.05, 0) is 62.2 Å². The Morgan fingerprint density at radius 1 is 1.38 bits per heavy atom. The zero-order chi connectivity index (χ0) is 16.3. The maximum absolute atomic E-state index is 6.25. The van der Waals surface area contributed by atoms with Gasteiger partial charge < -0.3 is 4.43 Å². The van der Waals surface area contributed by atoms with Crippen molar-refractivity contribution in [2.75, 3.05) is 6.61 Å². The molecule has 1 aliphatic rings. The molecule has 0 aromatic heterocycles. The summed E-state index contributed by atoms with van der Waals surface area (Å²) >= 11 is 0. The lowest BCUT2D eigenvalue weighted by molar-refractivity contribution is 0.273. The molecule has 120 valence electrons. The highest BCUT2D eigenvalue weighted by molar-refractivity contribution is 6.74. The number of rotatable bonds is 7. The SMILES string of the molecule is C=C(/C=N\C(C)=C/C)[C@H]1C[C@@H]1CCO[Si](C)(C)C(C)(C)C. The zero-order valence-corrected chi connectivity index (χ0v) is 16.0. The summed E-state index contributed by atoms with van der Waals surface area (Å²) in [4.78, 5) is 4.40. The number of aliphatic imine (C=N–C) groups is 1. The van der Waals surface area contributed by atoms with E-state index in [1.54, 1.807) is 0 Å². The maximum atomic E-state index is 6.25. The molecular weight excluding hydrogens is 274 g/mol. The van der Waals surface area contributed by atoms with Crippen LogP contribution < -0.4 is 0 Å². The summed E-state index contributed by atoms with van der Waals surface area (Å²) in [6.07, 6.45) is 6.36. The van der Waals surface area contributed by atoms with Crippen molar-refractivity contribution in [3.8, 4) is 0 Å². The van der Waals surface area contributed by atoms with E-state index in [9.17, 15) is 0 Å². The van der Waals surface area contributed by atoms with E-state index in [1.807, 2.05) is 26.1 Å². The Labute approximate surface area is 132 Å². The van der Waals surface area contributed by atoms with Crippen molar-refractivity contribution >= 4 is 14.5 Å². The van der Waals surface area contributed by atoms with Gasteiger partial charge in [-0.25, -0.2) is 0 Å². The van der Waals surface area contributed by atoms with Crippen molar-refractivity contribution in [3.63, 3.8) is 0 Å². The molecule has 0 aromatic rings. The molecule has 0 N–H and O–H groups in total. The normalized spacial score (nSPS) is 23.7. The van der Waals surface area contributed by atoms with Gasteiger partial charge in [0.05, 0.1) is 0 Å². The number of allylic oxidation sites excluding steroid dienone is 3. The largest absolute Gasteiger partial charge is 0.417 e. The minimum atomic E-state index is -1.58. The van der Waals surface area contributed by atoms with Crippen LogP contribution in [0.2, 0.25) is 18.1 Å². The van der Waals surface area contributed by atoms with Gasteiger partial charge in [-0.15, -0.1) is 0 Å². The van der Waals surface area contributed by atoms with Gasteiger partial charge >= 0.3 is 0 Å². The molecule has 2 atom stereocenters. The Morgan fingerprint density at radius 2 is 2.00 bits per heavy atom. The molecule has 1 rings (SSSR count). The van der Waals surface area contributed by atoms with Gasteiger partial charge in [-0.3, -0.25) is 4.99 Å². The van der Waals surface area contributed by atoms with Gasteiger partial charge in [0.2, 0.25) is 0 Å². The Balaban J connectivity index is 2.32. The molecule has 0 saturated heterocycles. The van der Waals surface area contributed by atoms with E-state index in [4.69, 9.17) is 4.43 Å². The highest BCUT2D eigenvalue weighted by Crippen LogP contribution is 2.46. The fourth-order valence-corrected chi connectivity index (χ4v) is 3.12. The van der Waals surface area contributed by atoms with Crippen molar-refractivity contribution in [2.45, 2.75) is 65.6 Å². The van der Waals surface area contributed by atoms with Crippen LogP contribution in [0.15, 0.2) is 28.9 Å². The minimum Gasteiger partial charge on any atom is -0.417 e. The van der Waals surface area contributed by atoms with Crippen LogP contribution in [0.3, 0.4) is 0 Å². The van der Waals surface area contributed by atoms with Crippen LogP contribution >= 0.6 is 0 Å². The van der Waals surface area contributed by atoms with Crippen molar-refractivity contribution in [2.24, 2.45) is 16.8 Å². The lowest BCUT2D eigenvalue weighted by atomic mass is 10.1. The topological polar surface area (TPSA) is 21.6 Å². The molecule has 0 unspecified atom stereocenters. The molecule has 1 aliphatic carbocycles. The first kappa shape index (κ1) is 18.4. The number of hydrogen-bond donors (Lipinski definition) is 0. The molecule has 3 heteroatoms. The molecule has 1 fully saturated rings. The average molecular weight is 308 g/mol. The first-order chi connectivity index (χ1) is 9.58. The Morgan fingerprint density at radius 3 is 2.52 bits per heavy atom. The minimum absolute atomic E-state index is 0.302. The highest BCUT2D eigenvalue weighted by Gasteiger charge is 2.40. The summed E-state index contributed by atoms with van der Waals surface area (Å²) < 4.78 is 6.25. The Bertz CT molecular complexity index is 429. The smallest absolute Gasteiger partial charge is 0.191 e. The Kier molecular flexibility index (Phi) is 6.18. The van der Waals surface area contributed by atoms with E-state index in [0.29, 0.717) is 11.0 Å². The average Bonchev–Trinajstić information content (AvgIpc) is 3.13. The molecule has 21 heavy (non-hydrogen) atoms. The fourth-order valence-electron chi connectivity index (χ4n) is 2.06. The number of hydrogen-bond acceptors (Lipinski definition) is 2. The molecule has 0 heterocycles. The van der Waals surface area contributed by atoms with Crippen LogP contribution in [0.25, 0.3) is 0 Å². The van der Waals surface area contributed by atoms with Gasteiger partial charge in [0.1, 0.15) is 0 Å². The second kappa shape index (κ2) is 7.06. The molecule has 0 bridgehead atoms.